The van der Waals surface area contributed by atoms with Gasteiger partial charge in [-0.3, -0.25) is 9.97 Å². The number of rotatable bonds is 6. The van der Waals surface area contributed by atoms with E-state index in [4.69, 9.17) is 5.73 Å². The van der Waals surface area contributed by atoms with Crippen molar-refractivity contribution in [2.75, 3.05) is 24.1 Å². The second kappa shape index (κ2) is 6.55. The molecule has 20 heavy (non-hydrogen) atoms. The third-order valence-corrected chi connectivity index (χ3v) is 2.83. The smallest absolute Gasteiger partial charge is 0.134 e. The number of hydrogen-bond acceptors (Lipinski definition) is 6. The number of aromatic nitrogens is 2. The van der Waals surface area contributed by atoms with E-state index in [1.807, 2.05) is 12.1 Å². The van der Waals surface area contributed by atoms with E-state index in [2.05, 4.69) is 20.6 Å². The zero-order valence-corrected chi connectivity index (χ0v) is 10.9. The Bertz CT molecular complexity index is 602. The second-order valence-electron chi connectivity index (χ2n) is 4.31. The minimum Gasteiger partial charge on any atom is -0.530 e. The highest BCUT2D eigenvalue weighted by atomic mass is 16.4. The van der Waals surface area contributed by atoms with Gasteiger partial charge in [0.1, 0.15) is 11.6 Å². The third kappa shape index (κ3) is 3.47. The molecule has 0 saturated carbocycles. The molecule has 0 bridgehead atoms. The maximum absolute atomic E-state index is 10.2. The zero-order chi connectivity index (χ0) is 14.4. The Morgan fingerprint density at radius 1 is 1.30 bits per heavy atom. The number of anilines is 2. The largest absolute Gasteiger partial charge is 0.530 e. The van der Waals surface area contributed by atoms with Crippen LogP contribution in [0.2, 0.25) is 0 Å². The van der Waals surface area contributed by atoms with E-state index in [1.54, 1.807) is 12.4 Å². The molecule has 0 atom stereocenters. The second-order valence-corrected chi connectivity index (χ2v) is 4.31. The van der Waals surface area contributed by atoms with Gasteiger partial charge in [0.25, 0.3) is 0 Å². The predicted molar refractivity (Wildman–Crippen MR) is 75.1 cm³/mol. The molecule has 106 valence electrons. The zero-order valence-electron chi connectivity index (χ0n) is 10.9. The fraction of sp³-hybridized carbons (Fsp3) is 0.308. The first kappa shape index (κ1) is 13.9. The van der Waals surface area contributed by atoms with Crippen molar-refractivity contribution in [3.8, 4) is 0 Å². The van der Waals surface area contributed by atoms with E-state index in [1.165, 1.54) is 0 Å². The lowest BCUT2D eigenvalue weighted by atomic mass is 10.2. The highest BCUT2D eigenvalue weighted by Gasteiger charge is 2.06. The molecule has 4 N–H and O–H groups in total. The number of carbonyl (C=O) groups excluding carboxylic acids is 1. The van der Waals surface area contributed by atoms with E-state index < -0.39 is 6.09 Å². The summed E-state index contributed by atoms with van der Waals surface area (Å²) in [5.74, 6) is 0. The fourth-order valence-corrected chi connectivity index (χ4v) is 1.87. The van der Waals surface area contributed by atoms with E-state index >= 15 is 0 Å². The number of pyridine rings is 2. The molecule has 0 saturated heterocycles. The maximum Gasteiger partial charge on any atom is 0.134 e. The van der Waals surface area contributed by atoms with Gasteiger partial charge in [-0.2, -0.15) is 0 Å². The Labute approximate surface area is 116 Å². The number of hydrogen-bond donors (Lipinski definition) is 3. The van der Waals surface area contributed by atoms with Crippen LogP contribution in [-0.4, -0.2) is 29.2 Å². The van der Waals surface area contributed by atoms with E-state index in [0.29, 0.717) is 18.8 Å². The highest BCUT2D eigenvalue weighted by Crippen LogP contribution is 2.25. The molecule has 0 fully saturated rings. The third-order valence-electron chi connectivity index (χ3n) is 2.83. The number of fused-ring (bicyclic) bond motifs is 1. The lowest BCUT2D eigenvalue weighted by Gasteiger charge is -2.11. The van der Waals surface area contributed by atoms with Gasteiger partial charge in [0.05, 0.1) is 23.1 Å². The van der Waals surface area contributed by atoms with Gasteiger partial charge in [-0.25, -0.2) is 0 Å². The topological polar surface area (TPSA) is 116 Å². The van der Waals surface area contributed by atoms with Crippen LogP contribution in [0.1, 0.15) is 12.8 Å². The molecule has 0 radical (unpaired) electrons. The van der Waals surface area contributed by atoms with Crippen LogP contribution < -0.4 is 21.5 Å². The Kier molecular flexibility index (Phi) is 4.54. The van der Waals surface area contributed by atoms with Crippen molar-refractivity contribution >= 4 is 28.5 Å². The van der Waals surface area contributed by atoms with Crippen LogP contribution in [0.5, 0.6) is 0 Å². The minimum atomic E-state index is -1.24. The SMILES string of the molecule is Nc1cnc2cccnc2c1NCCCCNC(=O)[O-]. The van der Waals surface area contributed by atoms with Gasteiger partial charge >= 0.3 is 0 Å². The van der Waals surface area contributed by atoms with Crippen LogP contribution in [-0.2, 0) is 0 Å². The maximum atomic E-state index is 10.2. The molecular weight excluding hydrogens is 258 g/mol. The van der Waals surface area contributed by atoms with Crippen LogP contribution in [0.3, 0.4) is 0 Å². The van der Waals surface area contributed by atoms with Gasteiger partial charge in [0.15, 0.2) is 0 Å². The molecule has 0 aliphatic heterocycles. The average Bonchev–Trinajstić information content (AvgIpc) is 2.44. The molecule has 2 aromatic heterocycles. The standard InChI is InChI=1S/C13H17N5O2/c14-9-8-18-10-4-3-7-16-12(10)11(9)15-5-1-2-6-17-13(19)20/h3-4,7-8,17H,1-2,5-6,14H2,(H,15,18)(H,19,20)/p-1. The van der Waals surface area contributed by atoms with Gasteiger partial charge in [-0.1, -0.05) is 0 Å². The molecule has 7 heteroatoms. The quantitative estimate of drug-likeness (QED) is 0.654. The monoisotopic (exact) mass is 274 g/mol. The number of nitrogens with zero attached hydrogens (tertiary/aromatic N) is 2. The normalized spacial score (nSPS) is 10.4. The highest BCUT2D eigenvalue weighted by molar-refractivity contribution is 5.93. The number of carbonyl (C=O) groups is 1. The molecule has 0 spiro atoms. The lowest BCUT2D eigenvalue weighted by molar-refractivity contribution is -0.250. The van der Waals surface area contributed by atoms with Gasteiger partial charge in [-0.15, -0.1) is 0 Å². The molecule has 2 aromatic rings. The Hall–Kier alpha value is -2.57. The first-order valence-corrected chi connectivity index (χ1v) is 6.36. The van der Waals surface area contributed by atoms with Gasteiger partial charge in [0, 0.05) is 19.3 Å². The summed E-state index contributed by atoms with van der Waals surface area (Å²) in [6, 6.07) is 3.69. The summed E-state index contributed by atoms with van der Waals surface area (Å²) in [7, 11) is 0. The summed E-state index contributed by atoms with van der Waals surface area (Å²) in [6.07, 6.45) is 3.57. The van der Waals surface area contributed by atoms with Crippen LogP contribution in [0, 0.1) is 0 Å². The van der Waals surface area contributed by atoms with Crippen LogP contribution in [0.4, 0.5) is 16.2 Å². The molecule has 2 rings (SSSR count). The van der Waals surface area contributed by atoms with Crippen molar-refractivity contribution in [1.82, 2.24) is 15.3 Å². The van der Waals surface area contributed by atoms with E-state index in [9.17, 15) is 9.90 Å². The van der Waals surface area contributed by atoms with Crippen LogP contribution in [0.25, 0.3) is 11.0 Å². The first-order valence-electron chi connectivity index (χ1n) is 6.36. The van der Waals surface area contributed by atoms with Crippen molar-refractivity contribution < 1.29 is 9.90 Å². The summed E-state index contributed by atoms with van der Waals surface area (Å²) in [4.78, 5) is 18.7. The van der Waals surface area contributed by atoms with Gasteiger partial charge in [-0.05, 0) is 25.0 Å². The van der Waals surface area contributed by atoms with Crippen molar-refractivity contribution in [3.63, 3.8) is 0 Å². The van der Waals surface area contributed by atoms with Gasteiger partial charge in [0.2, 0.25) is 0 Å². The van der Waals surface area contributed by atoms with Crippen LogP contribution in [0.15, 0.2) is 24.5 Å². The summed E-state index contributed by atoms with van der Waals surface area (Å²) < 4.78 is 0. The molecule has 2 heterocycles. The molecule has 0 unspecified atom stereocenters. The number of amides is 1. The average molecular weight is 274 g/mol. The van der Waals surface area contributed by atoms with Crippen molar-refractivity contribution in [2.24, 2.45) is 0 Å². The summed E-state index contributed by atoms with van der Waals surface area (Å²) in [5.41, 5.74) is 8.73. The Morgan fingerprint density at radius 3 is 2.90 bits per heavy atom. The van der Waals surface area contributed by atoms with Crippen molar-refractivity contribution in [3.05, 3.63) is 24.5 Å². The number of unbranched alkanes of at least 4 members (excludes halogenated alkanes) is 1. The first-order chi connectivity index (χ1) is 9.68. The van der Waals surface area contributed by atoms with Gasteiger partial charge < -0.3 is 26.3 Å². The summed E-state index contributed by atoms with van der Waals surface area (Å²) >= 11 is 0. The summed E-state index contributed by atoms with van der Waals surface area (Å²) in [5, 5.41) is 15.6. The molecule has 0 aliphatic carbocycles. The summed E-state index contributed by atoms with van der Waals surface area (Å²) in [6.45, 7) is 1.06. The van der Waals surface area contributed by atoms with Crippen LogP contribution >= 0.6 is 0 Å². The lowest BCUT2D eigenvalue weighted by Crippen LogP contribution is -2.37. The Balaban J connectivity index is 1.92. The van der Waals surface area contributed by atoms with Crippen molar-refractivity contribution in [2.45, 2.75) is 12.8 Å². The molecule has 0 aromatic carbocycles. The number of nitrogens with one attached hydrogen (secondary N) is 2. The minimum absolute atomic E-state index is 0.384. The van der Waals surface area contributed by atoms with E-state index in [0.717, 1.165) is 29.6 Å². The predicted octanol–water partition coefficient (Wildman–Crippen LogP) is 0.337. The number of nitrogens with two attached hydrogens (primary N) is 1. The Morgan fingerprint density at radius 2 is 2.10 bits per heavy atom. The molecular formula is C13H16N5O2-. The number of carboxylic acid groups (broad SMARTS) is 1. The number of nitrogen functional groups attached to an aromatic ring is 1. The molecule has 7 nitrogen and oxygen atoms in total. The molecule has 1 amide bonds. The fourth-order valence-electron chi connectivity index (χ4n) is 1.87. The van der Waals surface area contributed by atoms with E-state index in [-0.39, 0.29) is 0 Å². The molecule has 0 aliphatic rings. The van der Waals surface area contributed by atoms with Crippen molar-refractivity contribution in [1.29, 1.82) is 0 Å².